The molecule has 4 rings (SSSR count). The zero-order valence-electron chi connectivity index (χ0n) is 16.5. The molecule has 0 aromatic heterocycles. The number of rotatable bonds is 6. The molecule has 0 saturated heterocycles. The van der Waals surface area contributed by atoms with Crippen molar-refractivity contribution in [2.45, 2.75) is 62.2 Å². The summed E-state index contributed by atoms with van der Waals surface area (Å²) in [6.45, 7) is 0. The molecule has 0 radical (unpaired) electrons. The highest BCUT2D eigenvalue weighted by Gasteiger charge is 2.31. The lowest BCUT2D eigenvalue weighted by molar-refractivity contribution is 0.466. The molecule has 2 N–H and O–H groups in total. The van der Waals surface area contributed by atoms with Crippen LogP contribution in [0.25, 0.3) is 0 Å². The first-order valence-electron chi connectivity index (χ1n) is 10.3. The molecule has 0 aliphatic heterocycles. The van der Waals surface area contributed by atoms with E-state index >= 15 is 0 Å². The van der Waals surface area contributed by atoms with Crippen LogP contribution in [0.2, 0.25) is 0 Å². The number of hydrogen-bond acceptors (Lipinski definition) is 3. The molecule has 29 heavy (non-hydrogen) atoms. The summed E-state index contributed by atoms with van der Waals surface area (Å²) in [7, 11) is -2.99. The minimum absolute atomic E-state index is 0. The van der Waals surface area contributed by atoms with E-state index < -0.39 is 9.84 Å². The van der Waals surface area contributed by atoms with Crippen molar-refractivity contribution in [3.63, 3.8) is 0 Å². The van der Waals surface area contributed by atoms with Gasteiger partial charge in [-0.1, -0.05) is 36.8 Å². The van der Waals surface area contributed by atoms with Crippen LogP contribution in [0, 0.1) is 5.82 Å². The van der Waals surface area contributed by atoms with E-state index in [0.29, 0.717) is 12.8 Å². The second-order valence-corrected chi connectivity index (χ2v) is 10.7. The van der Waals surface area contributed by atoms with E-state index in [2.05, 4.69) is 18.2 Å². The smallest absolute Gasteiger partial charge is 0.153 e. The van der Waals surface area contributed by atoms with Gasteiger partial charge in [0.1, 0.15) is 5.82 Å². The zero-order chi connectivity index (χ0) is 19.7. The van der Waals surface area contributed by atoms with Crippen LogP contribution < -0.4 is 5.73 Å². The number of sulfone groups is 1. The van der Waals surface area contributed by atoms with Crippen molar-refractivity contribution in [1.29, 1.82) is 0 Å². The first kappa shape index (κ1) is 22.3. The molecule has 2 aromatic carbocycles. The van der Waals surface area contributed by atoms with Crippen molar-refractivity contribution in [3.05, 3.63) is 70.5 Å². The largest absolute Gasteiger partial charge is 0.327 e. The highest BCUT2D eigenvalue weighted by molar-refractivity contribution is 7.92. The van der Waals surface area contributed by atoms with Gasteiger partial charge >= 0.3 is 0 Å². The zero-order valence-corrected chi connectivity index (χ0v) is 18.2. The molecule has 6 heteroatoms. The van der Waals surface area contributed by atoms with Gasteiger partial charge in [-0.2, -0.15) is 0 Å². The Morgan fingerprint density at radius 2 is 1.83 bits per heavy atom. The van der Waals surface area contributed by atoms with Crippen LogP contribution in [0.1, 0.15) is 53.9 Å². The Kier molecular flexibility index (Phi) is 7.02. The van der Waals surface area contributed by atoms with Crippen LogP contribution in [0.15, 0.2) is 42.5 Å². The highest BCUT2D eigenvalue weighted by Crippen LogP contribution is 2.35. The van der Waals surface area contributed by atoms with Crippen LogP contribution >= 0.6 is 12.4 Å². The molecule has 1 saturated carbocycles. The Hall–Kier alpha value is -1.43. The lowest BCUT2D eigenvalue weighted by Crippen LogP contribution is -2.34. The minimum atomic E-state index is -2.99. The van der Waals surface area contributed by atoms with Crippen LogP contribution in [-0.4, -0.2) is 25.5 Å². The van der Waals surface area contributed by atoms with Gasteiger partial charge in [-0.25, -0.2) is 12.8 Å². The Morgan fingerprint density at radius 1 is 1.03 bits per heavy atom. The van der Waals surface area contributed by atoms with E-state index in [1.807, 2.05) is 6.07 Å². The summed E-state index contributed by atoms with van der Waals surface area (Å²) in [5.41, 5.74) is 11.0. The SMILES string of the molecule is Cl.NC1CCc2ccc(CCS(=O)(=O)C3CCC3)cc2C1Cc1cccc(F)c1. The summed E-state index contributed by atoms with van der Waals surface area (Å²) in [6.07, 6.45) is 5.78. The Balaban J connectivity index is 0.00000240. The molecule has 2 atom stereocenters. The van der Waals surface area contributed by atoms with Crippen molar-refractivity contribution in [1.82, 2.24) is 0 Å². The lowest BCUT2D eigenvalue weighted by Gasteiger charge is -2.32. The Morgan fingerprint density at radius 3 is 2.52 bits per heavy atom. The summed E-state index contributed by atoms with van der Waals surface area (Å²) < 4.78 is 38.4. The van der Waals surface area contributed by atoms with Crippen LogP contribution in [-0.2, 0) is 29.1 Å². The summed E-state index contributed by atoms with van der Waals surface area (Å²) in [6, 6.07) is 13.1. The van der Waals surface area contributed by atoms with Crippen molar-refractivity contribution in [2.24, 2.45) is 5.73 Å². The van der Waals surface area contributed by atoms with E-state index in [-0.39, 0.29) is 41.2 Å². The molecule has 0 spiro atoms. The number of aryl methyl sites for hydroxylation is 2. The fourth-order valence-electron chi connectivity index (χ4n) is 4.46. The second-order valence-electron chi connectivity index (χ2n) is 8.35. The van der Waals surface area contributed by atoms with Gasteiger partial charge in [0.2, 0.25) is 0 Å². The first-order valence-corrected chi connectivity index (χ1v) is 12.0. The molecule has 2 aliphatic rings. The van der Waals surface area contributed by atoms with Gasteiger partial charge in [0.05, 0.1) is 11.0 Å². The third-order valence-electron chi connectivity index (χ3n) is 6.45. The van der Waals surface area contributed by atoms with Gasteiger partial charge in [-0.05, 0) is 72.9 Å². The highest BCUT2D eigenvalue weighted by atomic mass is 35.5. The maximum Gasteiger partial charge on any atom is 0.153 e. The fraction of sp³-hybridized carbons (Fsp3) is 0.478. The fourth-order valence-corrected chi connectivity index (χ4v) is 6.37. The monoisotopic (exact) mass is 437 g/mol. The Bertz CT molecular complexity index is 959. The van der Waals surface area contributed by atoms with Gasteiger partial charge in [0.15, 0.2) is 9.84 Å². The van der Waals surface area contributed by atoms with Crippen LogP contribution in [0.5, 0.6) is 0 Å². The van der Waals surface area contributed by atoms with E-state index in [4.69, 9.17) is 5.73 Å². The predicted molar refractivity (Wildman–Crippen MR) is 118 cm³/mol. The first-order chi connectivity index (χ1) is 13.4. The lowest BCUT2D eigenvalue weighted by atomic mass is 9.76. The van der Waals surface area contributed by atoms with Crippen molar-refractivity contribution in [2.75, 3.05) is 5.75 Å². The van der Waals surface area contributed by atoms with E-state index in [9.17, 15) is 12.8 Å². The third-order valence-corrected chi connectivity index (χ3v) is 8.71. The minimum Gasteiger partial charge on any atom is -0.327 e. The third kappa shape index (κ3) is 5.01. The summed E-state index contributed by atoms with van der Waals surface area (Å²) in [5, 5.41) is -0.126. The molecular weight excluding hydrogens is 409 g/mol. The molecule has 1 fully saturated rings. The molecule has 0 bridgehead atoms. The maximum absolute atomic E-state index is 13.6. The van der Waals surface area contributed by atoms with Gasteiger partial charge in [-0.15, -0.1) is 12.4 Å². The average molecular weight is 438 g/mol. The number of fused-ring (bicyclic) bond motifs is 1. The standard InChI is InChI=1S/C23H28FNO2S.ClH/c24-19-4-1-3-17(13-19)15-22-21-14-16(7-8-18(21)9-10-23(22)25)11-12-28(26,27)20-5-2-6-20;/h1,3-4,7-8,13-14,20,22-23H,2,5-6,9-12,15,25H2;1H. The molecule has 3 nitrogen and oxygen atoms in total. The summed E-state index contributed by atoms with van der Waals surface area (Å²) >= 11 is 0. The van der Waals surface area contributed by atoms with Crippen molar-refractivity contribution < 1.29 is 12.8 Å². The van der Waals surface area contributed by atoms with Gasteiger partial charge in [-0.3, -0.25) is 0 Å². The number of hydrogen-bond donors (Lipinski definition) is 1. The molecule has 0 amide bonds. The molecule has 0 heterocycles. The molecule has 158 valence electrons. The number of benzene rings is 2. The average Bonchev–Trinajstić information content (AvgIpc) is 2.61. The van der Waals surface area contributed by atoms with E-state index in [1.165, 1.54) is 17.2 Å². The van der Waals surface area contributed by atoms with Gasteiger partial charge in [0.25, 0.3) is 0 Å². The molecule has 2 unspecified atom stereocenters. The maximum atomic E-state index is 13.6. The number of halogens is 2. The van der Waals surface area contributed by atoms with Crippen molar-refractivity contribution >= 4 is 22.2 Å². The predicted octanol–water partition coefficient (Wildman–Crippen LogP) is 4.36. The second kappa shape index (κ2) is 9.15. The van der Waals surface area contributed by atoms with Crippen molar-refractivity contribution in [3.8, 4) is 0 Å². The van der Waals surface area contributed by atoms with E-state index in [0.717, 1.165) is 43.2 Å². The normalized spacial score (nSPS) is 21.7. The topological polar surface area (TPSA) is 60.2 Å². The quantitative estimate of drug-likeness (QED) is 0.730. The van der Waals surface area contributed by atoms with E-state index in [1.54, 1.807) is 12.1 Å². The molecular formula is C23H29ClFNO2S. The van der Waals surface area contributed by atoms with Gasteiger partial charge in [0, 0.05) is 12.0 Å². The number of nitrogens with two attached hydrogens (primary N) is 1. The molecule has 2 aliphatic carbocycles. The molecule has 2 aromatic rings. The van der Waals surface area contributed by atoms with Gasteiger partial charge < -0.3 is 5.73 Å². The van der Waals surface area contributed by atoms with Crippen LogP contribution in [0.4, 0.5) is 4.39 Å². The Labute approximate surface area is 179 Å². The summed E-state index contributed by atoms with van der Waals surface area (Å²) in [5.74, 6) is 0.127. The summed E-state index contributed by atoms with van der Waals surface area (Å²) in [4.78, 5) is 0. The van der Waals surface area contributed by atoms with Crippen LogP contribution in [0.3, 0.4) is 0 Å².